The number of hydrazone groups is 1. The molecular formula is C6H14N4S. The number of thiocarbonyl (C=S) groups is 1. The van der Waals surface area contributed by atoms with E-state index >= 15 is 0 Å². The van der Waals surface area contributed by atoms with E-state index in [1.807, 2.05) is 0 Å². The molecule has 0 rings (SSSR count). The van der Waals surface area contributed by atoms with Gasteiger partial charge >= 0.3 is 0 Å². The van der Waals surface area contributed by atoms with Crippen LogP contribution < -0.4 is 11.1 Å². The molecular weight excluding hydrogens is 160 g/mol. The first-order chi connectivity index (χ1) is 5.22. The number of hydrogen-bond acceptors (Lipinski definition) is 3. The fourth-order valence-electron chi connectivity index (χ4n) is 0.469. The zero-order valence-corrected chi connectivity index (χ0v) is 7.69. The van der Waals surface area contributed by atoms with Crippen molar-refractivity contribution >= 4 is 23.5 Å². The third-order valence-corrected chi connectivity index (χ3v) is 1.53. The molecule has 0 aliphatic rings. The summed E-state index contributed by atoms with van der Waals surface area (Å²) in [6.07, 6.45) is 2.51. The smallest absolute Gasteiger partial charge is 0.189 e. The molecule has 4 nitrogen and oxygen atoms in total. The molecule has 0 heterocycles. The highest BCUT2D eigenvalue weighted by atomic mass is 32.1. The second kappa shape index (κ2) is 6.06. The van der Waals surface area contributed by atoms with Gasteiger partial charge in [-0.05, 0) is 25.2 Å². The van der Waals surface area contributed by atoms with Crippen LogP contribution in [0.1, 0.15) is 6.42 Å². The summed E-state index contributed by atoms with van der Waals surface area (Å²) >= 11 is 4.90. The number of hydrogen-bond donors (Lipinski definition) is 2. The number of nitrogens with zero attached hydrogens (tertiary/aromatic N) is 2. The molecule has 0 aliphatic heterocycles. The van der Waals surface area contributed by atoms with Crippen LogP contribution in [0.4, 0.5) is 0 Å². The standard InChI is InChI=1S/C6H14N4S/c1-8-6(11)10(2)9-5-3-4-7/h5H,3-4,7H2,1-2H3,(H,8,11). The Hall–Kier alpha value is -0.680. The summed E-state index contributed by atoms with van der Waals surface area (Å²) in [6, 6.07) is 0. The first kappa shape index (κ1) is 10.3. The highest BCUT2D eigenvalue weighted by Crippen LogP contribution is 1.83. The summed E-state index contributed by atoms with van der Waals surface area (Å²) in [5, 5.41) is 9.00. The van der Waals surface area contributed by atoms with E-state index in [4.69, 9.17) is 18.0 Å². The molecule has 0 unspecified atom stereocenters. The molecule has 0 aromatic rings. The van der Waals surface area contributed by atoms with Crippen molar-refractivity contribution in [2.75, 3.05) is 20.6 Å². The molecule has 0 aliphatic carbocycles. The summed E-state index contributed by atoms with van der Waals surface area (Å²) in [4.78, 5) is 0. The lowest BCUT2D eigenvalue weighted by Gasteiger charge is -2.12. The van der Waals surface area contributed by atoms with Gasteiger partial charge in [0.05, 0.1) is 0 Å². The molecule has 3 N–H and O–H groups in total. The molecule has 11 heavy (non-hydrogen) atoms. The van der Waals surface area contributed by atoms with Crippen molar-refractivity contribution in [3.63, 3.8) is 0 Å². The third-order valence-electron chi connectivity index (χ3n) is 1.06. The summed E-state index contributed by atoms with van der Waals surface area (Å²) in [7, 11) is 3.54. The Labute approximate surface area is 72.4 Å². The van der Waals surface area contributed by atoms with Gasteiger partial charge in [0, 0.05) is 20.3 Å². The Morgan fingerprint density at radius 1 is 1.82 bits per heavy atom. The molecule has 0 saturated carbocycles. The minimum absolute atomic E-state index is 0.596. The second-order valence-corrected chi connectivity index (χ2v) is 2.34. The Balaban J connectivity index is 3.66. The lowest BCUT2D eigenvalue weighted by molar-refractivity contribution is 0.538. The summed E-state index contributed by atoms with van der Waals surface area (Å²) in [5.74, 6) is 0. The SMILES string of the molecule is CNC(=S)N(C)N=CCCN. The van der Waals surface area contributed by atoms with Crippen LogP contribution in [0.2, 0.25) is 0 Å². The van der Waals surface area contributed by atoms with Gasteiger partial charge in [-0.25, -0.2) is 5.01 Å². The van der Waals surface area contributed by atoms with Crippen LogP contribution in [-0.2, 0) is 0 Å². The van der Waals surface area contributed by atoms with Gasteiger partial charge in [-0.3, -0.25) is 0 Å². The maximum atomic E-state index is 5.27. The van der Waals surface area contributed by atoms with Gasteiger partial charge in [0.25, 0.3) is 0 Å². The van der Waals surface area contributed by atoms with Crippen LogP contribution in [0.25, 0.3) is 0 Å². The van der Waals surface area contributed by atoms with Crippen molar-refractivity contribution in [3.8, 4) is 0 Å². The van der Waals surface area contributed by atoms with Crippen molar-refractivity contribution in [1.82, 2.24) is 10.3 Å². The number of nitrogens with two attached hydrogens (primary N) is 1. The Kier molecular flexibility index (Phi) is 5.68. The monoisotopic (exact) mass is 174 g/mol. The zero-order valence-electron chi connectivity index (χ0n) is 6.87. The fraction of sp³-hybridized carbons (Fsp3) is 0.667. The first-order valence-corrected chi connectivity index (χ1v) is 3.81. The zero-order chi connectivity index (χ0) is 8.69. The maximum Gasteiger partial charge on any atom is 0.189 e. The molecule has 0 fully saturated rings. The average Bonchev–Trinajstić information content (AvgIpc) is 2.03. The van der Waals surface area contributed by atoms with Crippen LogP contribution in [0.3, 0.4) is 0 Å². The predicted octanol–water partition coefficient (Wildman–Crippen LogP) is -0.243. The topological polar surface area (TPSA) is 53.6 Å². The average molecular weight is 174 g/mol. The Bertz CT molecular complexity index is 146. The van der Waals surface area contributed by atoms with Gasteiger partial charge in [-0.1, -0.05) is 0 Å². The van der Waals surface area contributed by atoms with Crippen LogP contribution >= 0.6 is 12.2 Å². The predicted molar refractivity (Wildman–Crippen MR) is 51.6 cm³/mol. The Morgan fingerprint density at radius 2 is 2.45 bits per heavy atom. The van der Waals surface area contributed by atoms with Crippen LogP contribution in [0, 0.1) is 0 Å². The van der Waals surface area contributed by atoms with Gasteiger partial charge in [-0.15, -0.1) is 0 Å². The van der Waals surface area contributed by atoms with Crippen LogP contribution in [0.15, 0.2) is 5.10 Å². The molecule has 64 valence electrons. The van der Waals surface area contributed by atoms with E-state index in [1.54, 1.807) is 25.3 Å². The van der Waals surface area contributed by atoms with E-state index in [2.05, 4.69) is 10.4 Å². The van der Waals surface area contributed by atoms with E-state index in [-0.39, 0.29) is 0 Å². The summed E-state index contributed by atoms with van der Waals surface area (Å²) in [5.41, 5.74) is 5.27. The molecule has 0 radical (unpaired) electrons. The highest BCUT2D eigenvalue weighted by Gasteiger charge is 1.94. The van der Waals surface area contributed by atoms with E-state index in [9.17, 15) is 0 Å². The van der Waals surface area contributed by atoms with Gasteiger partial charge in [0.15, 0.2) is 5.11 Å². The molecule has 0 saturated heterocycles. The molecule has 5 heteroatoms. The van der Waals surface area contributed by atoms with Gasteiger partial charge in [0.2, 0.25) is 0 Å². The van der Waals surface area contributed by atoms with E-state index in [1.165, 1.54) is 0 Å². The van der Waals surface area contributed by atoms with Gasteiger partial charge in [0.1, 0.15) is 0 Å². The first-order valence-electron chi connectivity index (χ1n) is 3.40. The second-order valence-electron chi connectivity index (χ2n) is 1.95. The molecule has 0 aromatic heterocycles. The molecule has 0 atom stereocenters. The quantitative estimate of drug-likeness (QED) is 0.352. The van der Waals surface area contributed by atoms with Crippen molar-refractivity contribution in [1.29, 1.82) is 0 Å². The van der Waals surface area contributed by atoms with Crippen LogP contribution in [0.5, 0.6) is 0 Å². The largest absolute Gasteiger partial charge is 0.364 e. The van der Waals surface area contributed by atoms with E-state index in [0.717, 1.165) is 6.42 Å². The minimum atomic E-state index is 0.596. The molecule has 0 bridgehead atoms. The lowest BCUT2D eigenvalue weighted by atomic mass is 10.5. The van der Waals surface area contributed by atoms with Crippen molar-refractivity contribution in [3.05, 3.63) is 0 Å². The van der Waals surface area contributed by atoms with Gasteiger partial charge in [-0.2, -0.15) is 5.10 Å². The van der Waals surface area contributed by atoms with E-state index in [0.29, 0.717) is 11.7 Å². The summed E-state index contributed by atoms with van der Waals surface area (Å²) in [6.45, 7) is 0.615. The molecule has 0 amide bonds. The van der Waals surface area contributed by atoms with E-state index < -0.39 is 0 Å². The normalized spacial score (nSPS) is 10.1. The maximum absolute atomic E-state index is 5.27. The number of nitrogens with one attached hydrogen (secondary N) is 1. The minimum Gasteiger partial charge on any atom is -0.364 e. The Morgan fingerprint density at radius 3 is 2.91 bits per heavy atom. The molecule has 0 spiro atoms. The van der Waals surface area contributed by atoms with Gasteiger partial charge < -0.3 is 11.1 Å². The van der Waals surface area contributed by atoms with Crippen molar-refractivity contribution in [2.24, 2.45) is 10.8 Å². The third kappa shape index (κ3) is 4.69. The van der Waals surface area contributed by atoms with Crippen molar-refractivity contribution in [2.45, 2.75) is 6.42 Å². The van der Waals surface area contributed by atoms with Crippen LogP contribution in [-0.4, -0.2) is 37.0 Å². The highest BCUT2D eigenvalue weighted by molar-refractivity contribution is 7.80. The van der Waals surface area contributed by atoms with Crippen molar-refractivity contribution < 1.29 is 0 Å². The summed E-state index contributed by atoms with van der Waals surface area (Å²) < 4.78 is 0. The molecule has 0 aromatic carbocycles. The lowest BCUT2D eigenvalue weighted by Crippen LogP contribution is -2.30. The fourth-order valence-corrected chi connectivity index (χ4v) is 0.516. The number of rotatable bonds is 3.